The van der Waals surface area contributed by atoms with Gasteiger partial charge < -0.3 is 4.74 Å². The van der Waals surface area contributed by atoms with Gasteiger partial charge in [0.15, 0.2) is 0 Å². The molecule has 1 nitrogen and oxygen atoms in total. The first-order valence-electron chi connectivity index (χ1n) is 2.91. The highest BCUT2D eigenvalue weighted by Crippen LogP contribution is 2.44. The fourth-order valence-corrected chi connectivity index (χ4v) is 0.720. The molecule has 8 heavy (non-hydrogen) atoms. The standard InChI is InChI=1S/C6H11ClO/c1-6(2-3-6)4-8-5-7/h2-5H2,1H3. The average Bonchev–Trinajstić information content (AvgIpc) is 2.45. The lowest BCUT2D eigenvalue weighted by Gasteiger charge is -2.04. The van der Waals surface area contributed by atoms with Gasteiger partial charge in [-0.2, -0.15) is 0 Å². The Labute approximate surface area is 55.0 Å². The maximum absolute atomic E-state index is 5.31. The van der Waals surface area contributed by atoms with Crippen LogP contribution >= 0.6 is 11.6 Å². The Kier molecular flexibility index (Phi) is 1.78. The summed E-state index contributed by atoms with van der Waals surface area (Å²) >= 11 is 5.31. The zero-order chi connectivity index (χ0) is 6.04. The number of alkyl halides is 1. The number of rotatable bonds is 3. The second kappa shape index (κ2) is 2.24. The van der Waals surface area contributed by atoms with Gasteiger partial charge in [0, 0.05) is 0 Å². The number of halogens is 1. The molecule has 1 aliphatic carbocycles. The van der Waals surface area contributed by atoms with Crippen LogP contribution in [-0.4, -0.2) is 12.7 Å². The molecule has 0 amide bonds. The van der Waals surface area contributed by atoms with Crippen LogP contribution in [0.4, 0.5) is 0 Å². The third-order valence-corrected chi connectivity index (χ3v) is 1.79. The molecule has 0 heterocycles. The van der Waals surface area contributed by atoms with Gasteiger partial charge in [0.1, 0.15) is 6.07 Å². The van der Waals surface area contributed by atoms with Crippen LogP contribution in [0.1, 0.15) is 19.8 Å². The van der Waals surface area contributed by atoms with Gasteiger partial charge in [-0.15, -0.1) is 0 Å². The Balaban J connectivity index is 2.01. The molecule has 0 spiro atoms. The van der Waals surface area contributed by atoms with Crippen LogP contribution in [0.5, 0.6) is 0 Å². The molecule has 0 unspecified atom stereocenters. The van der Waals surface area contributed by atoms with Crippen molar-refractivity contribution in [2.24, 2.45) is 5.41 Å². The normalized spacial score (nSPS) is 23.2. The van der Waals surface area contributed by atoms with Crippen LogP contribution in [0.3, 0.4) is 0 Å². The molecular formula is C6H11ClO. The summed E-state index contributed by atoms with van der Waals surface area (Å²) in [7, 11) is 0. The van der Waals surface area contributed by atoms with E-state index in [4.69, 9.17) is 16.3 Å². The summed E-state index contributed by atoms with van der Waals surface area (Å²) in [4.78, 5) is 0. The van der Waals surface area contributed by atoms with Crippen LogP contribution in [0.2, 0.25) is 0 Å². The van der Waals surface area contributed by atoms with Crippen LogP contribution in [0.25, 0.3) is 0 Å². The van der Waals surface area contributed by atoms with Crippen molar-refractivity contribution in [1.29, 1.82) is 0 Å². The molecule has 1 aliphatic rings. The minimum absolute atomic E-state index is 0.343. The summed E-state index contributed by atoms with van der Waals surface area (Å²) in [6.45, 7) is 3.07. The molecule has 0 radical (unpaired) electrons. The molecule has 0 saturated heterocycles. The lowest BCUT2D eigenvalue weighted by Crippen LogP contribution is -2.03. The van der Waals surface area contributed by atoms with E-state index in [2.05, 4.69) is 6.92 Å². The Morgan fingerprint density at radius 1 is 1.62 bits per heavy atom. The van der Waals surface area contributed by atoms with Gasteiger partial charge in [-0.25, -0.2) is 0 Å². The first kappa shape index (κ1) is 6.37. The smallest absolute Gasteiger partial charge is 0.120 e. The van der Waals surface area contributed by atoms with Crippen LogP contribution in [-0.2, 0) is 4.74 Å². The number of hydrogen-bond acceptors (Lipinski definition) is 1. The quantitative estimate of drug-likeness (QED) is 0.537. The van der Waals surface area contributed by atoms with Crippen molar-refractivity contribution in [3.8, 4) is 0 Å². The zero-order valence-electron chi connectivity index (χ0n) is 5.11. The zero-order valence-corrected chi connectivity index (χ0v) is 5.87. The first-order chi connectivity index (χ1) is 3.77. The minimum Gasteiger partial charge on any atom is -0.365 e. The van der Waals surface area contributed by atoms with E-state index in [0.29, 0.717) is 11.5 Å². The van der Waals surface area contributed by atoms with Gasteiger partial charge in [-0.05, 0) is 18.3 Å². The third kappa shape index (κ3) is 1.64. The SMILES string of the molecule is CC1(COCCl)CC1. The third-order valence-electron chi connectivity index (χ3n) is 1.63. The van der Waals surface area contributed by atoms with Crippen LogP contribution < -0.4 is 0 Å². The van der Waals surface area contributed by atoms with E-state index in [0.717, 1.165) is 6.61 Å². The molecule has 0 atom stereocenters. The fraction of sp³-hybridized carbons (Fsp3) is 1.00. The monoisotopic (exact) mass is 134 g/mol. The second-order valence-corrected chi connectivity index (χ2v) is 2.99. The lowest BCUT2D eigenvalue weighted by molar-refractivity contribution is 0.134. The summed E-state index contributed by atoms with van der Waals surface area (Å²) in [5, 5.41) is 0. The van der Waals surface area contributed by atoms with E-state index in [1.54, 1.807) is 0 Å². The van der Waals surface area contributed by atoms with E-state index in [1.807, 2.05) is 0 Å². The largest absolute Gasteiger partial charge is 0.365 e. The number of ether oxygens (including phenoxy) is 1. The van der Waals surface area contributed by atoms with E-state index in [1.165, 1.54) is 12.8 Å². The first-order valence-corrected chi connectivity index (χ1v) is 3.44. The molecule has 0 bridgehead atoms. The Morgan fingerprint density at radius 2 is 2.25 bits per heavy atom. The van der Waals surface area contributed by atoms with Crippen molar-refractivity contribution in [2.45, 2.75) is 19.8 Å². The Morgan fingerprint density at radius 3 is 2.62 bits per heavy atom. The van der Waals surface area contributed by atoms with Gasteiger partial charge in [-0.3, -0.25) is 0 Å². The molecule has 1 fully saturated rings. The summed E-state index contributed by atoms with van der Waals surface area (Å²) in [5.74, 6) is 0. The molecule has 0 aromatic heterocycles. The summed E-state index contributed by atoms with van der Waals surface area (Å²) in [5.41, 5.74) is 0.495. The highest BCUT2D eigenvalue weighted by Gasteiger charge is 2.37. The van der Waals surface area contributed by atoms with Crippen molar-refractivity contribution in [3.63, 3.8) is 0 Å². The lowest BCUT2D eigenvalue weighted by atomic mass is 10.2. The molecule has 2 heteroatoms. The highest BCUT2D eigenvalue weighted by molar-refractivity contribution is 6.17. The van der Waals surface area contributed by atoms with Crippen molar-refractivity contribution in [2.75, 3.05) is 12.7 Å². The van der Waals surface area contributed by atoms with Gasteiger partial charge >= 0.3 is 0 Å². The average molecular weight is 135 g/mol. The topological polar surface area (TPSA) is 9.23 Å². The number of hydrogen-bond donors (Lipinski definition) is 0. The van der Waals surface area contributed by atoms with Crippen LogP contribution in [0.15, 0.2) is 0 Å². The van der Waals surface area contributed by atoms with Crippen molar-refractivity contribution in [3.05, 3.63) is 0 Å². The molecule has 0 aliphatic heterocycles. The summed E-state index contributed by atoms with van der Waals surface area (Å²) in [6, 6.07) is 0.343. The van der Waals surface area contributed by atoms with Gasteiger partial charge in [0.25, 0.3) is 0 Å². The molecule has 1 saturated carbocycles. The maximum Gasteiger partial charge on any atom is 0.120 e. The van der Waals surface area contributed by atoms with Crippen molar-refractivity contribution >= 4 is 11.6 Å². The van der Waals surface area contributed by atoms with Crippen LogP contribution in [0, 0.1) is 5.41 Å². The Bertz CT molecular complexity index is 78.6. The fourth-order valence-electron chi connectivity index (χ4n) is 0.643. The van der Waals surface area contributed by atoms with Gasteiger partial charge in [-0.1, -0.05) is 18.5 Å². The molecule has 0 aromatic carbocycles. The van der Waals surface area contributed by atoms with E-state index >= 15 is 0 Å². The van der Waals surface area contributed by atoms with Crippen molar-refractivity contribution in [1.82, 2.24) is 0 Å². The molecule has 0 aromatic rings. The predicted molar refractivity (Wildman–Crippen MR) is 34.0 cm³/mol. The van der Waals surface area contributed by atoms with E-state index in [9.17, 15) is 0 Å². The summed E-state index contributed by atoms with van der Waals surface area (Å²) < 4.78 is 5.03. The maximum atomic E-state index is 5.31. The van der Waals surface area contributed by atoms with Gasteiger partial charge in [0.05, 0.1) is 6.61 Å². The summed E-state index contributed by atoms with van der Waals surface area (Å²) in [6.07, 6.45) is 2.62. The predicted octanol–water partition coefficient (Wildman–Crippen LogP) is 2.00. The molecule has 1 rings (SSSR count). The van der Waals surface area contributed by atoms with E-state index < -0.39 is 0 Å². The second-order valence-electron chi connectivity index (χ2n) is 2.77. The molecular weight excluding hydrogens is 124 g/mol. The Hall–Kier alpha value is 0.250. The molecule has 0 N–H and O–H groups in total. The van der Waals surface area contributed by atoms with Crippen molar-refractivity contribution < 1.29 is 4.74 Å². The molecule has 48 valence electrons. The minimum atomic E-state index is 0.343. The van der Waals surface area contributed by atoms with E-state index in [-0.39, 0.29) is 0 Å². The highest BCUT2D eigenvalue weighted by atomic mass is 35.5. The van der Waals surface area contributed by atoms with Gasteiger partial charge in [0.2, 0.25) is 0 Å².